The zero-order chi connectivity index (χ0) is 17.9. The van der Waals surface area contributed by atoms with Gasteiger partial charge >= 0.3 is 6.03 Å². The zero-order valence-corrected chi connectivity index (χ0v) is 14.5. The van der Waals surface area contributed by atoms with Gasteiger partial charge in [0.15, 0.2) is 0 Å². The molecule has 1 aromatic rings. The highest BCUT2D eigenvalue weighted by Gasteiger charge is 2.36. The summed E-state index contributed by atoms with van der Waals surface area (Å²) in [6.45, 7) is 2.77. The average Bonchev–Trinajstić information content (AvgIpc) is 2.58. The van der Waals surface area contributed by atoms with Crippen molar-refractivity contribution < 1.29 is 14.0 Å². The molecule has 6 heteroatoms. The Balaban J connectivity index is 1.69. The highest BCUT2D eigenvalue weighted by Crippen LogP contribution is 2.40. The summed E-state index contributed by atoms with van der Waals surface area (Å²) >= 11 is 0. The first-order valence-corrected chi connectivity index (χ1v) is 8.76. The Morgan fingerprint density at radius 1 is 1.20 bits per heavy atom. The van der Waals surface area contributed by atoms with Gasteiger partial charge in [-0.25, -0.2) is 9.18 Å². The molecule has 0 bridgehead atoms. The van der Waals surface area contributed by atoms with Gasteiger partial charge in [0.05, 0.1) is 5.69 Å². The van der Waals surface area contributed by atoms with Crippen LogP contribution in [0.15, 0.2) is 30.4 Å². The number of amides is 3. The van der Waals surface area contributed by atoms with Crippen molar-refractivity contribution in [3.05, 3.63) is 36.2 Å². The van der Waals surface area contributed by atoms with Gasteiger partial charge in [-0.15, -0.1) is 0 Å². The van der Waals surface area contributed by atoms with E-state index in [1.807, 2.05) is 0 Å². The fourth-order valence-corrected chi connectivity index (χ4v) is 3.79. The van der Waals surface area contributed by atoms with Crippen LogP contribution < -0.4 is 10.6 Å². The summed E-state index contributed by atoms with van der Waals surface area (Å²) in [7, 11) is 0. The van der Waals surface area contributed by atoms with Gasteiger partial charge in [-0.1, -0.05) is 12.2 Å². The molecule has 3 rings (SSSR count). The zero-order valence-electron chi connectivity index (χ0n) is 14.5. The molecule has 1 fully saturated rings. The standard InChI is InChI=1S/C19H24FN3O2/c1-14(24)21-15-6-7-16(20)17(12-15)22-18(25)23-11-5-10-19(13-23)8-3-2-4-9-19/h2-3,6-7,12H,4-5,8-11,13H2,1H3,(H,21,24)(H,22,25). The fraction of sp³-hybridized carbons (Fsp3) is 0.474. The lowest BCUT2D eigenvalue weighted by atomic mass is 9.71. The van der Waals surface area contributed by atoms with Crippen molar-refractivity contribution >= 4 is 23.3 Å². The number of hydrogen-bond donors (Lipinski definition) is 2. The van der Waals surface area contributed by atoms with Gasteiger partial charge in [0.1, 0.15) is 5.82 Å². The minimum absolute atomic E-state index is 0.0828. The second-order valence-electron chi connectivity index (χ2n) is 7.05. The van der Waals surface area contributed by atoms with E-state index < -0.39 is 5.82 Å². The van der Waals surface area contributed by atoms with E-state index in [0.717, 1.165) is 32.1 Å². The number of carbonyl (C=O) groups is 2. The quantitative estimate of drug-likeness (QED) is 0.792. The molecule has 0 saturated carbocycles. The second-order valence-corrected chi connectivity index (χ2v) is 7.05. The van der Waals surface area contributed by atoms with Crippen LogP contribution in [0.4, 0.5) is 20.6 Å². The Hall–Kier alpha value is -2.37. The number of nitrogens with one attached hydrogen (secondary N) is 2. The highest BCUT2D eigenvalue weighted by molar-refractivity contribution is 5.92. The highest BCUT2D eigenvalue weighted by atomic mass is 19.1. The number of hydrogen-bond acceptors (Lipinski definition) is 2. The molecule has 1 saturated heterocycles. The molecule has 2 N–H and O–H groups in total. The van der Waals surface area contributed by atoms with Crippen molar-refractivity contribution in [3.63, 3.8) is 0 Å². The van der Waals surface area contributed by atoms with Gasteiger partial charge in [0.2, 0.25) is 5.91 Å². The summed E-state index contributed by atoms with van der Waals surface area (Å²) in [5.41, 5.74) is 0.706. The topological polar surface area (TPSA) is 61.4 Å². The summed E-state index contributed by atoms with van der Waals surface area (Å²) < 4.78 is 14.0. The third kappa shape index (κ3) is 4.18. The molecule has 1 aromatic carbocycles. The maximum atomic E-state index is 14.0. The Labute approximate surface area is 147 Å². The second kappa shape index (κ2) is 7.25. The molecule has 25 heavy (non-hydrogen) atoms. The van der Waals surface area contributed by atoms with Crippen molar-refractivity contribution in [1.29, 1.82) is 0 Å². The molecular formula is C19H24FN3O2. The van der Waals surface area contributed by atoms with E-state index in [9.17, 15) is 14.0 Å². The fourth-order valence-electron chi connectivity index (χ4n) is 3.79. The number of rotatable bonds is 2. The lowest BCUT2D eigenvalue weighted by Crippen LogP contribution is -2.48. The molecular weight excluding hydrogens is 321 g/mol. The summed E-state index contributed by atoms with van der Waals surface area (Å²) in [5.74, 6) is -0.762. The summed E-state index contributed by atoms with van der Waals surface area (Å²) in [4.78, 5) is 25.6. The lowest BCUT2D eigenvalue weighted by molar-refractivity contribution is -0.114. The van der Waals surface area contributed by atoms with E-state index in [1.165, 1.54) is 25.1 Å². The normalized spacial score (nSPS) is 22.7. The van der Waals surface area contributed by atoms with Crippen LogP contribution in [0.3, 0.4) is 0 Å². The number of allylic oxidation sites excluding steroid dienone is 2. The Bertz CT molecular complexity index is 704. The molecule has 1 aliphatic carbocycles. The van der Waals surface area contributed by atoms with Crippen LogP contribution in [-0.4, -0.2) is 29.9 Å². The van der Waals surface area contributed by atoms with Gasteiger partial charge in [0, 0.05) is 25.7 Å². The van der Waals surface area contributed by atoms with Crippen LogP contribution >= 0.6 is 0 Å². The van der Waals surface area contributed by atoms with Crippen molar-refractivity contribution in [3.8, 4) is 0 Å². The predicted octanol–water partition coefficient (Wildman–Crippen LogP) is 4.14. The van der Waals surface area contributed by atoms with Crippen molar-refractivity contribution in [1.82, 2.24) is 4.90 Å². The first kappa shape index (κ1) is 17.5. The van der Waals surface area contributed by atoms with Crippen LogP contribution in [0.5, 0.6) is 0 Å². The van der Waals surface area contributed by atoms with Gasteiger partial charge in [-0.05, 0) is 55.7 Å². The van der Waals surface area contributed by atoms with Crippen molar-refractivity contribution in [2.45, 2.75) is 39.0 Å². The first-order chi connectivity index (χ1) is 12.0. The molecule has 2 aliphatic rings. The predicted molar refractivity (Wildman–Crippen MR) is 96.0 cm³/mol. The maximum Gasteiger partial charge on any atom is 0.321 e. The molecule has 3 amide bonds. The summed E-state index contributed by atoms with van der Waals surface area (Å²) in [5, 5.41) is 5.25. The molecule has 0 aromatic heterocycles. The first-order valence-electron chi connectivity index (χ1n) is 8.76. The van der Waals surface area contributed by atoms with E-state index in [-0.39, 0.29) is 23.0 Å². The monoisotopic (exact) mass is 345 g/mol. The maximum absolute atomic E-state index is 14.0. The Kier molecular flexibility index (Phi) is 5.06. The van der Waals surface area contributed by atoms with E-state index in [0.29, 0.717) is 18.8 Å². The average molecular weight is 345 g/mol. The smallest absolute Gasteiger partial charge is 0.321 e. The van der Waals surface area contributed by atoms with Gasteiger partial charge < -0.3 is 15.5 Å². The molecule has 5 nitrogen and oxygen atoms in total. The van der Waals surface area contributed by atoms with Crippen LogP contribution in [0.2, 0.25) is 0 Å². The van der Waals surface area contributed by atoms with Crippen LogP contribution in [0, 0.1) is 11.2 Å². The van der Waals surface area contributed by atoms with Gasteiger partial charge in [-0.3, -0.25) is 4.79 Å². The molecule has 1 aliphatic heterocycles. The van der Waals surface area contributed by atoms with Crippen LogP contribution in [-0.2, 0) is 4.79 Å². The number of carbonyl (C=O) groups excluding carboxylic acids is 2. The number of halogens is 1. The molecule has 0 radical (unpaired) electrons. The number of piperidine rings is 1. The van der Waals surface area contributed by atoms with E-state index in [4.69, 9.17) is 0 Å². The van der Waals surface area contributed by atoms with Gasteiger partial charge in [0.25, 0.3) is 0 Å². The number of nitrogens with zero attached hydrogens (tertiary/aromatic N) is 1. The minimum Gasteiger partial charge on any atom is -0.326 e. The number of anilines is 2. The minimum atomic E-state index is -0.519. The molecule has 134 valence electrons. The Morgan fingerprint density at radius 3 is 2.76 bits per heavy atom. The number of urea groups is 1. The largest absolute Gasteiger partial charge is 0.326 e. The SMILES string of the molecule is CC(=O)Nc1ccc(F)c(NC(=O)N2CCCC3(CC=CCC3)C2)c1. The van der Waals surface area contributed by atoms with Crippen LogP contribution in [0.25, 0.3) is 0 Å². The molecule has 1 spiro atoms. The van der Waals surface area contributed by atoms with Crippen molar-refractivity contribution in [2.24, 2.45) is 5.41 Å². The van der Waals surface area contributed by atoms with Gasteiger partial charge in [-0.2, -0.15) is 0 Å². The summed E-state index contributed by atoms with van der Waals surface area (Å²) in [6, 6.07) is 3.87. The Morgan fingerprint density at radius 2 is 2.04 bits per heavy atom. The van der Waals surface area contributed by atoms with Crippen LogP contribution in [0.1, 0.15) is 39.0 Å². The molecule has 1 atom stereocenters. The third-order valence-electron chi connectivity index (χ3n) is 5.04. The van der Waals surface area contributed by atoms with E-state index >= 15 is 0 Å². The van der Waals surface area contributed by atoms with Crippen molar-refractivity contribution in [2.75, 3.05) is 23.7 Å². The van der Waals surface area contributed by atoms with E-state index in [2.05, 4.69) is 22.8 Å². The number of benzene rings is 1. The third-order valence-corrected chi connectivity index (χ3v) is 5.04. The molecule has 1 unspecified atom stereocenters. The number of likely N-dealkylation sites (tertiary alicyclic amines) is 1. The molecule has 1 heterocycles. The summed E-state index contributed by atoms with van der Waals surface area (Å²) in [6.07, 6.45) is 9.67. The van der Waals surface area contributed by atoms with E-state index in [1.54, 1.807) is 4.90 Å². The lowest BCUT2D eigenvalue weighted by Gasteiger charge is -2.43.